The summed E-state index contributed by atoms with van der Waals surface area (Å²) in [5.74, 6) is -2.10. The van der Waals surface area contributed by atoms with Crippen molar-refractivity contribution in [1.29, 1.82) is 0 Å². The number of urea groups is 1. The summed E-state index contributed by atoms with van der Waals surface area (Å²) >= 11 is 0. The van der Waals surface area contributed by atoms with Crippen LogP contribution in [-0.4, -0.2) is 31.0 Å². The largest absolute Gasteiger partial charge is 0.464 e. The Balaban J connectivity index is 2.34. The van der Waals surface area contributed by atoms with E-state index < -0.39 is 23.9 Å². The van der Waals surface area contributed by atoms with Crippen molar-refractivity contribution in [2.24, 2.45) is 0 Å². The van der Waals surface area contributed by atoms with Crippen molar-refractivity contribution in [1.82, 2.24) is 5.32 Å². The Hall–Kier alpha value is -3.23. The molecule has 0 radical (unpaired) electrons. The van der Waals surface area contributed by atoms with Gasteiger partial charge in [-0.05, 0) is 31.2 Å². The fraction of sp³-hybridized carbons (Fsp3) is 0.222. The third-order valence-corrected chi connectivity index (χ3v) is 3.49. The van der Waals surface area contributed by atoms with Crippen LogP contribution in [0.15, 0.2) is 54.6 Å². The lowest BCUT2D eigenvalue weighted by Gasteiger charge is -2.33. The standard InChI is InChI=1S/C18H17F3N2O4/c1-12-8-10-13(11-9-12)22-16(25)23-17(15(24)26-2,18(19,20)21)27-14-6-4-3-5-7-14/h3-11H,1-2H3,(H2,22,23,25)/t17-/m1/s1. The van der Waals surface area contributed by atoms with Crippen LogP contribution in [0.2, 0.25) is 0 Å². The van der Waals surface area contributed by atoms with Crippen molar-refractivity contribution in [3.8, 4) is 5.75 Å². The van der Waals surface area contributed by atoms with Crippen molar-refractivity contribution in [3.05, 3.63) is 60.2 Å². The van der Waals surface area contributed by atoms with E-state index in [0.717, 1.165) is 12.7 Å². The molecular weight excluding hydrogens is 365 g/mol. The molecule has 0 aromatic heterocycles. The van der Waals surface area contributed by atoms with Crippen LogP contribution in [0.3, 0.4) is 0 Å². The van der Waals surface area contributed by atoms with Crippen molar-refractivity contribution in [2.75, 3.05) is 12.4 Å². The number of carbonyl (C=O) groups excluding carboxylic acids is 2. The van der Waals surface area contributed by atoms with E-state index in [1.54, 1.807) is 23.5 Å². The number of carbonyl (C=O) groups is 2. The molecule has 27 heavy (non-hydrogen) atoms. The minimum absolute atomic E-state index is 0.235. The smallest absolute Gasteiger partial charge is 0.460 e. The fourth-order valence-electron chi connectivity index (χ4n) is 2.13. The first-order valence-electron chi connectivity index (χ1n) is 7.73. The lowest BCUT2D eigenvalue weighted by atomic mass is 10.2. The van der Waals surface area contributed by atoms with Crippen molar-refractivity contribution in [2.45, 2.75) is 18.8 Å². The van der Waals surface area contributed by atoms with Gasteiger partial charge in [-0.3, -0.25) is 5.32 Å². The second-order valence-corrected chi connectivity index (χ2v) is 5.53. The Morgan fingerprint density at radius 1 is 0.963 bits per heavy atom. The van der Waals surface area contributed by atoms with Gasteiger partial charge in [-0.25, -0.2) is 9.59 Å². The van der Waals surface area contributed by atoms with Gasteiger partial charge in [-0.1, -0.05) is 35.9 Å². The number of halogens is 3. The third kappa shape index (κ3) is 4.69. The van der Waals surface area contributed by atoms with Gasteiger partial charge in [0.25, 0.3) is 0 Å². The number of ether oxygens (including phenoxy) is 2. The normalized spacial score (nSPS) is 13.2. The first kappa shape index (κ1) is 20.1. The molecule has 144 valence electrons. The van der Waals surface area contributed by atoms with Gasteiger partial charge >= 0.3 is 23.9 Å². The van der Waals surface area contributed by atoms with E-state index in [9.17, 15) is 22.8 Å². The van der Waals surface area contributed by atoms with Crippen LogP contribution in [0.4, 0.5) is 23.7 Å². The second-order valence-electron chi connectivity index (χ2n) is 5.53. The zero-order chi connectivity index (χ0) is 20.1. The number of benzene rings is 2. The summed E-state index contributed by atoms with van der Waals surface area (Å²) < 4.78 is 50.5. The Labute approximate surface area is 153 Å². The molecule has 2 amide bonds. The van der Waals surface area contributed by atoms with Crippen LogP contribution in [0.25, 0.3) is 0 Å². The zero-order valence-electron chi connectivity index (χ0n) is 14.5. The summed E-state index contributed by atoms with van der Waals surface area (Å²) in [7, 11) is 0.761. The first-order chi connectivity index (χ1) is 12.7. The maximum absolute atomic E-state index is 13.8. The number of nitrogens with one attached hydrogen (secondary N) is 2. The summed E-state index contributed by atoms with van der Waals surface area (Å²) in [6.45, 7) is 1.81. The molecule has 2 N–H and O–H groups in total. The van der Waals surface area contributed by atoms with Gasteiger partial charge in [0.1, 0.15) is 5.75 Å². The molecule has 6 nitrogen and oxygen atoms in total. The van der Waals surface area contributed by atoms with E-state index >= 15 is 0 Å². The average Bonchev–Trinajstić information content (AvgIpc) is 2.62. The maximum atomic E-state index is 13.8. The molecular formula is C18H17F3N2O4. The quantitative estimate of drug-likeness (QED) is 0.612. The molecule has 0 aliphatic heterocycles. The molecule has 0 saturated carbocycles. The topological polar surface area (TPSA) is 76.7 Å². The SMILES string of the molecule is COC(=O)[C@@](NC(=O)Nc1ccc(C)cc1)(Oc1ccccc1)C(F)(F)F. The lowest BCUT2D eigenvalue weighted by Crippen LogP contribution is -2.68. The lowest BCUT2D eigenvalue weighted by molar-refractivity contribution is -0.258. The van der Waals surface area contributed by atoms with Gasteiger partial charge in [0.15, 0.2) is 0 Å². The van der Waals surface area contributed by atoms with Gasteiger partial charge in [-0.2, -0.15) is 13.2 Å². The fourth-order valence-corrected chi connectivity index (χ4v) is 2.13. The van der Waals surface area contributed by atoms with Crippen LogP contribution in [0.5, 0.6) is 5.75 Å². The van der Waals surface area contributed by atoms with E-state index in [1.807, 2.05) is 6.92 Å². The molecule has 2 aromatic carbocycles. The van der Waals surface area contributed by atoms with Crippen LogP contribution < -0.4 is 15.4 Å². The summed E-state index contributed by atoms with van der Waals surface area (Å²) in [6, 6.07) is 11.8. The number of methoxy groups -OCH3 is 1. The summed E-state index contributed by atoms with van der Waals surface area (Å²) in [6.07, 6.45) is -5.31. The number of rotatable bonds is 5. The highest BCUT2D eigenvalue weighted by atomic mass is 19.4. The highest BCUT2D eigenvalue weighted by Crippen LogP contribution is 2.34. The Morgan fingerprint density at radius 2 is 1.56 bits per heavy atom. The Morgan fingerprint density at radius 3 is 2.07 bits per heavy atom. The highest BCUT2D eigenvalue weighted by molar-refractivity contribution is 5.94. The third-order valence-electron chi connectivity index (χ3n) is 3.49. The Kier molecular flexibility index (Phi) is 5.94. The molecule has 1 atom stereocenters. The average molecular weight is 382 g/mol. The molecule has 0 unspecified atom stereocenters. The van der Waals surface area contributed by atoms with E-state index in [4.69, 9.17) is 4.74 Å². The first-order valence-corrected chi connectivity index (χ1v) is 7.73. The van der Waals surface area contributed by atoms with Crippen molar-refractivity contribution < 1.29 is 32.2 Å². The van der Waals surface area contributed by atoms with Crippen LogP contribution in [0.1, 0.15) is 5.56 Å². The number of hydrogen-bond acceptors (Lipinski definition) is 4. The number of hydrogen-bond donors (Lipinski definition) is 2. The van der Waals surface area contributed by atoms with Gasteiger partial charge in [0, 0.05) is 5.69 Å². The number of amides is 2. The predicted octanol–water partition coefficient (Wildman–Crippen LogP) is 3.63. The molecule has 0 aliphatic carbocycles. The van der Waals surface area contributed by atoms with Crippen molar-refractivity contribution in [3.63, 3.8) is 0 Å². The minimum Gasteiger partial charge on any atom is -0.464 e. The zero-order valence-corrected chi connectivity index (χ0v) is 14.5. The second kappa shape index (κ2) is 7.98. The van der Waals surface area contributed by atoms with Gasteiger partial charge in [-0.15, -0.1) is 0 Å². The molecule has 0 spiro atoms. The molecule has 0 heterocycles. The summed E-state index contributed by atoms with van der Waals surface area (Å²) in [4.78, 5) is 24.2. The molecule has 9 heteroatoms. The summed E-state index contributed by atoms with van der Waals surface area (Å²) in [5, 5.41) is 3.78. The van der Waals surface area contributed by atoms with Crippen LogP contribution in [0, 0.1) is 6.92 Å². The van der Waals surface area contributed by atoms with Crippen LogP contribution in [-0.2, 0) is 9.53 Å². The number of anilines is 1. The molecule has 0 bridgehead atoms. The predicted molar refractivity (Wildman–Crippen MR) is 91.2 cm³/mol. The van der Waals surface area contributed by atoms with Gasteiger partial charge in [0.2, 0.25) is 0 Å². The highest BCUT2D eigenvalue weighted by Gasteiger charge is 2.66. The van der Waals surface area contributed by atoms with Gasteiger partial charge in [0.05, 0.1) is 7.11 Å². The molecule has 0 fully saturated rings. The monoisotopic (exact) mass is 382 g/mol. The molecule has 2 rings (SSSR count). The minimum atomic E-state index is -5.31. The number of para-hydroxylation sites is 1. The van der Waals surface area contributed by atoms with E-state index in [2.05, 4.69) is 10.1 Å². The Bertz CT molecular complexity index is 795. The van der Waals surface area contributed by atoms with Crippen LogP contribution >= 0.6 is 0 Å². The van der Waals surface area contributed by atoms with E-state index in [1.165, 1.54) is 36.4 Å². The molecule has 0 saturated heterocycles. The van der Waals surface area contributed by atoms with E-state index in [-0.39, 0.29) is 11.4 Å². The number of esters is 1. The number of alkyl halides is 3. The molecule has 0 aliphatic rings. The number of aryl methyl sites for hydroxylation is 1. The molecule has 2 aromatic rings. The van der Waals surface area contributed by atoms with Gasteiger partial charge < -0.3 is 14.8 Å². The maximum Gasteiger partial charge on any atom is 0.460 e. The summed E-state index contributed by atoms with van der Waals surface area (Å²) in [5.41, 5.74) is -2.59. The van der Waals surface area contributed by atoms with Crippen molar-refractivity contribution >= 4 is 17.7 Å². The van der Waals surface area contributed by atoms with E-state index in [0.29, 0.717) is 0 Å².